The van der Waals surface area contributed by atoms with Crippen molar-refractivity contribution in [2.45, 2.75) is 64.5 Å². The summed E-state index contributed by atoms with van der Waals surface area (Å²) in [7, 11) is 0. The second kappa shape index (κ2) is 6.55. The highest BCUT2D eigenvalue weighted by Gasteiger charge is 2.24. The lowest BCUT2D eigenvalue weighted by Gasteiger charge is -2.34. The number of hydrogen-bond donors (Lipinski definition) is 0. The van der Waals surface area contributed by atoms with Crippen LogP contribution < -0.4 is 0 Å². The van der Waals surface area contributed by atoms with Gasteiger partial charge in [-0.1, -0.05) is 27.2 Å². The van der Waals surface area contributed by atoms with Crippen molar-refractivity contribution >= 4 is 22.9 Å². The zero-order chi connectivity index (χ0) is 13.9. The minimum absolute atomic E-state index is 0.159. The molecule has 0 bridgehead atoms. The number of nitrogens with zero attached hydrogens (tertiary/aromatic N) is 2. The Morgan fingerprint density at radius 1 is 1.42 bits per heavy atom. The molecule has 1 saturated heterocycles. The second-order valence-corrected chi connectivity index (χ2v) is 7.79. The molecule has 2 heterocycles. The van der Waals surface area contributed by atoms with Crippen molar-refractivity contribution in [3.63, 3.8) is 0 Å². The van der Waals surface area contributed by atoms with E-state index in [4.69, 9.17) is 16.6 Å². The van der Waals surface area contributed by atoms with Crippen LogP contribution in [0.15, 0.2) is 5.38 Å². The summed E-state index contributed by atoms with van der Waals surface area (Å²) in [6.45, 7) is 8.88. The van der Waals surface area contributed by atoms with Crippen molar-refractivity contribution in [3.8, 4) is 0 Å². The summed E-state index contributed by atoms with van der Waals surface area (Å²) in [4.78, 5) is 7.39. The summed E-state index contributed by atoms with van der Waals surface area (Å²) in [5.74, 6) is 0.770. The molecule has 1 unspecified atom stereocenters. The molecule has 0 radical (unpaired) electrons. The highest BCUT2D eigenvalue weighted by molar-refractivity contribution is 7.09. The molecule has 4 heteroatoms. The lowest BCUT2D eigenvalue weighted by Crippen LogP contribution is -2.39. The molecule has 19 heavy (non-hydrogen) atoms. The number of halogens is 1. The number of rotatable bonds is 4. The van der Waals surface area contributed by atoms with Crippen LogP contribution in [-0.2, 0) is 12.0 Å². The van der Waals surface area contributed by atoms with Crippen LogP contribution in [-0.4, -0.2) is 28.4 Å². The number of hydrogen-bond acceptors (Lipinski definition) is 3. The van der Waals surface area contributed by atoms with Crippen LogP contribution in [0.1, 0.15) is 57.2 Å². The van der Waals surface area contributed by atoms with E-state index < -0.39 is 0 Å². The van der Waals surface area contributed by atoms with E-state index in [0.29, 0.717) is 6.04 Å². The minimum atomic E-state index is 0.159. The summed E-state index contributed by atoms with van der Waals surface area (Å²) in [5.41, 5.74) is 1.38. The lowest BCUT2D eigenvalue weighted by atomic mass is 9.93. The molecule has 0 saturated carbocycles. The SMILES string of the molecule is CC(C)(C)c1csc(CN2CCCCC2CCCl)n1. The predicted octanol–water partition coefficient (Wildman–Crippen LogP) is 4.42. The molecule has 0 amide bonds. The van der Waals surface area contributed by atoms with E-state index in [1.54, 1.807) is 11.3 Å². The van der Waals surface area contributed by atoms with Gasteiger partial charge < -0.3 is 0 Å². The Bertz CT molecular complexity index is 395. The third kappa shape index (κ3) is 4.17. The maximum Gasteiger partial charge on any atom is 0.107 e. The first-order chi connectivity index (χ1) is 9.00. The van der Waals surface area contributed by atoms with Crippen LogP contribution in [0.4, 0.5) is 0 Å². The van der Waals surface area contributed by atoms with Crippen LogP contribution in [0.2, 0.25) is 0 Å². The van der Waals surface area contributed by atoms with Gasteiger partial charge >= 0.3 is 0 Å². The minimum Gasteiger partial charge on any atom is -0.294 e. The van der Waals surface area contributed by atoms with Gasteiger partial charge in [0.2, 0.25) is 0 Å². The van der Waals surface area contributed by atoms with Gasteiger partial charge in [-0.15, -0.1) is 22.9 Å². The van der Waals surface area contributed by atoms with E-state index in [1.165, 1.54) is 36.5 Å². The van der Waals surface area contributed by atoms with Gasteiger partial charge in [-0.2, -0.15) is 0 Å². The summed E-state index contributed by atoms with van der Waals surface area (Å²) in [5, 5.41) is 3.47. The monoisotopic (exact) mass is 300 g/mol. The Hall–Kier alpha value is -0.120. The normalized spacial score (nSPS) is 21.8. The Morgan fingerprint density at radius 3 is 2.84 bits per heavy atom. The van der Waals surface area contributed by atoms with Crippen molar-refractivity contribution in [1.82, 2.24) is 9.88 Å². The molecule has 2 rings (SSSR count). The lowest BCUT2D eigenvalue weighted by molar-refractivity contribution is 0.136. The average Bonchev–Trinajstić information content (AvgIpc) is 2.80. The number of aromatic nitrogens is 1. The Kier molecular flexibility index (Phi) is 5.27. The van der Waals surface area contributed by atoms with E-state index in [1.807, 2.05) is 0 Å². The molecule has 1 aromatic rings. The van der Waals surface area contributed by atoms with Crippen molar-refractivity contribution in [2.75, 3.05) is 12.4 Å². The van der Waals surface area contributed by atoms with Crippen LogP contribution in [0.3, 0.4) is 0 Å². The van der Waals surface area contributed by atoms with Crippen LogP contribution in [0.25, 0.3) is 0 Å². The first-order valence-corrected chi connectivity index (χ1v) is 8.67. The Labute approximate surface area is 126 Å². The van der Waals surface area contributed by atoms with Gasteiger partial charge in [0.25, 0.3) is 0 Å². The molecule has 1 aliphatic rings. The topological polar surface area (TPSA) is 16.1 Å². The molecule has 0 aliphatic carbocycles. The number of alkyl halides is 1. The van der Waals surface area contributed by atoms with Gasteiger partial charge in [0.15, 0.2) is 0 Å². The highest BCUT2D eigenvalue weighted by Crippen LogP contribution is 2.27. The van der Waals surface area contributed by atoms with Crippen molar-refractivity contribution in [3.05, 3.63) is 16.1 Å². The molecule has 0 aromatic carbocycles. The molecular weight excluding hydrogens is 276 g/mol. The van der Waals surface area contributed by atoms with E-state index in [-0.39, 0.29) is 5.41 Å². The van der Waals surface area contributed by atoms with Gasteiger partial charge in [0.1, 0.15) is 5.01 Å². The van der Waals surface area contributed by atoms with Gasteiger partial charge in [-0.3, -0.25) is 4.90 Å². The Balaban J connectivity index is 2.00. The van der Waals surface area contributed by atoms with E-state index in [9.17, 15) is 0 Å². The zero-order valence-corrected chi connectivity index (χ0v) is 13.9. The Morgan fingerprint density at radius 2 is 2.21 bits per heavy atom. The van der Waals surface area contributed by atoms with Gasteiger partial charge in [-0.25, -0.2) is 4.98 Å². The predicted molar refractivity (Wildman–Crippen MR) is 84.2 cm³/mol. The molecule has 1 aromatic heterocycles. The third-order valence-electron chi connectivity index (χ3n) is 3.85. The number of thiazole rings is 1. The highest BCUT2D eigenvalue weighted by atomic mass is 35.5. The largest absolute Gasteiger partial charge is 0.294 e. The first-order valence-electron chi connectivity index (χ1n) is 7.25. The summed E-state index contributed by atoms with van der Waals surface area (Å²) < 4.78 is 0. The molecule has 1 atom stereocenters. The van der Waals surface area contributed by atoms with Gasteiger partial charge in [0, 0.05) is 22.7 Å². The van der Waals surface area contributed by atoms with Crippen molar-refractivity contribution < 1.29 is 0 Å². The maximum absolute atomic E-state index is 5.93. The molecule has 0 spiro atoms. The fourth-order valence-electron chi connectivity index (χ4n) is 2.62. The van der Waals surface area contributed by atoms with E-state index in [0.717, 1.165) is 18.8 Å². The third-order valence-corrected chi connectivity index (χ3v) is 4.90. The second-order valence-electron chi connectivity index (χ2n) is 6.47. The fourth-order valence-corrected chi connectivity index (χ4v) is 3.92. The molecule has 2 nitrogen and oxygen atoms in total. The average molecular weight is 301 g/mol. The molecule has 1 aliphatic heterocycles. The van der Waals surface area contributed by atoms with Crippen molar-refractivity contribution in [2.24, 2.45) is 0 Å². The zero-order valence-electron chi connectivity index (χ0n) is 12.3. The van der Waals surface area contributed by atoms with E-state index in [2.05, 4.69) is 31.1 Å². The van der Waals surface area contributed by atoms with Gasteiger partial charge in [0.05, 0.1) is 12.2 Å². The molecule has 108 valence electrons. The summed E-state index contributed by atoms with van der Waals surface area (Å²) in [6.07, 6.45) is 5.07. The van der Waals surface area contributed by atoms with Crippen LogP contribution >= 0.6 is 22.9 Å². The van der Waals surface area contributed by atoms with E-state index >= 15 is 0 Å². The molecule has 0 N–H and O–H groups in total. The standard InChI is InChI=1S/C15H25ClN2S/c1-15(2,3)13-11-19-14(17-13)10-18-9-5-4-6-12(18)7-8-16/h11-12H,4-10H2,1-3H3. The fraction of sp³-hybridized carbons (Fsp3) is 0.800. The quantitative estimate of drug-likeness (QED) is 0.765. The number of likely N-dealkylation sites (tertiary alicyclic amines) is 1. The summed E-state index contributed by atoms with van der Waals surface area (Å²) >= 11 is 7.73. The smallest absolute Gasteiger partial charge is 0.107 e. The van der Waals surface area contributed by atoms with Crippen LogP contribution in [0, 0.1) is 0 Å². The first kappa shape index (κ1) is 15.3. The maximum atomic E-state index is 5.93. The number of piperidine rings is 1. The van der Waals surface area contributed by atoms with Crippen molar-refractivity contribution in [1.29, 1.82) is 0 Å². The molecule has 1 fully saturated rings. The molecular formula is C15H25ClN2S. The summed E-state index contributed by atoms with van der Waals surface area (Å²) in [6, 6.07) is 0.660. The van der Waals surface area contributed by atoms with Gasteiger partial charge in [-0.05, 0) is 25.8 Å². The van der Waals surface area contributed by atoms with Crippen LogP contribution in [0.5, 0.6) is 0 Å².